The van der Waals surface area contributed by atoms with Crippen LogP contribution in [0.1, 0.15) is 11.1 Å². The summed E-state index contributed by atoms with van der Waals surface area (Å²) < 4.78 is 6.41. The third-order valence-electron chi connectivity index (χ3n) is 2.05. The van der Waals surface area contributed by atoms with Crippen molar-refractivity contribution in [1.82, 2.24) is 4.98 Å². The third kappa shape index (κ3) is 2.81. The fourth-order valence-electron chi connectivity index (χ4n) is 1.37. The normalized spacial score (nSPS) is 9.60. The number of aromatic nitrogens is 1. The molecule has 0 radical (unpaired) electrons. The van der Waals surface area contributed by atoms with E-state index in [0.717, 1.165) is 42.2 Å². The maximum Gasteiger partial charge on any atom is 0.290 e. The first-order valence-electron chi connectivity index (χ1n) is 4.51. The largest absolute Gasteiger partial charge is 0.483 e. The molecule has 0 bridgehead atoms. The molecule has 0 aliphatic carbocycles. The van der Waals surface area contributed by atoms with Crippen molar-refractivity contribution in [3.05, 3.63) is 23.3 Å². The number of hydrogen-bond acceptors (Lipinski definition) is 3. The number of carbonyl (C=O) groups is 1. The Kier molecular flexibility index (Phi) is 4.32. The number of benzene rings is 1. The zero-order valence-electron chi connectivity index (χ0n) is 8.94. The van der Waals surface area contributed by atoms with Gasteiger partial charge in [0.1, 0.15) is 0 Å². The summed E-state index contributed by atoms with van der Waals surface area (Å²) in [6, 6.07) is 4.16. The van der Waals surface area contributed by atoms with Gasteiger partial charge in [0.2, 0.25) is 0 Å². The van der Waals surface area contributed by atoms with Crippen molar-refractivity contribution < 1.29 is 14.3 Å². The number of aryl methyl sites for hydroxylation is 2. The quantitative estimate of drug-likeness (QED) is 0.524. The first-order valence-corrected chi connectivity index (χ1v) is 5.51. The fourth-order valence-corrected chi connectivity index (χ4v) is 1.79. The van der Waals surface area contributed by atoms with Gasteiger partial charge in [-0.15, -0.1) is 0 Å². The Balaban J connectivity index is 0.000000337. The van der Waals surface area contributed by atoms with Crippen LogP contribution >= 0.6 is 0 Å². The summed E-state index contributed by atoms with van der Waals surface area (Å²) >= 11 is 0.880. The van der Waals surface area contributed by atoms with E-state index < -0.39 is 0 Å². The van der Waals surface area contributed by atoms with Crippen molar-refractivity contribution in [1.29, 1.82) is 0 Å². The van der Waals surface area contributed by atoms with Crippen LogP contribution in [0.5, 0.6) is 0 Å². The maximum absolute atomic E-state index is 8.36. The molecule has 0 fully saturated rings. The van der Waals surface area contributed by atoms with Crippen LogP contribution in [0.2, 0.25) is 0 Å². The SMILES string of the molecule is Cc1ccc(C)c2o[c]([Na])nc12.O=CO. The second kappa shape index (κ2) is 5.30. The molecule has 0 unspecified atom stereocenters. The van der Waals surface area contributed by atoms with Crippen LogP contribution in [0.25, 0.3) is 11.1 Å². The maximum atomic E-state index is 8.36. The third-order valence-corrected chi connectivity index (χ3v) is 2.48. The van der Waals surface area contributed by atoms with Gasteiger partial charge in [-0.2, -0.15) is 0 Å². The molecule has 15 heavy (non-hydrogen) atoms. The molecule has 1 N–H and O–H groups in total. The molecule has 1 aromatic heterocycles. The summed E-state index contributed by atoms with van der Waals surface area (Å²) in [5, 5.41) is 6.89. The summed E-state index contributed by atoms with van der Waals surface area (Å²) in [5.74, 6) is 0. The average Bonchev–Trinajstić information content (AvgIpc) is 2.56. The number of rotatable bonds is 0. The summed E-state index contributed by atoms with van der Waals surface area (Å²) in [6.45, 7) is 3.86. The molecule has 1 aromatic carbocycles. The van der Waals surface area contributed by atoms with Crippen molar-refractivity contribution in [2.75, 3.05) is 0 Å². The minimum atomic E-state index is -0.250. The molecule has 0 aliphatic rings. The Bertz CT molecular complexity index is 440. The molecule has 2 aromatic rings. The standard InChI is InChI=1S/C9H8NO.CH2O2.Na/c1-6-3-4-7(2)9-8(6)10-5-11-9;2-1-3;/h3-4H,1-2H3;1H,(H,2,3);. The Morgan fingerprint density at radius 3 is 2.47 bits per heavy atom. The molecular weight excluding hydrogens is 205 g/mol. The number of hydrogen-bond donors (Lipinski definition) is 1. The monoisotopic (exact) mass is 215 g/mol. The summed E-state index contributed by atoms with van der Waals surface area (Å²) in [6.07, 6.45) is 0. The molecular formula is C10H10NNaO3. The van der Waals surface area contributed by atoms with Gasteiger partial charge in [0.25, 0.3) is 6.47 Å². The zero-order chi connectivity index (χ0) is 11.4. The smallest absolute Gasteiger partial charge is 0.290 e. The molecule has 5 heteroatoms. The Labute approximate surface area is 105 Å². The van der Waals surface area contributed by atoms with E-state index in [-0.39, 0.29) is 6.47 Å². The summed E-state index contributed by atoms with van der Waals surface area (Å²) in [5.41, 5.74) is 4.35. The first kappa shape index (κ1) is 12.2. The molecule has 0 amide bonds. The minimum Gasteiger partial charge on any atom is -0.483 e. The molecule has 74 valence electrons. The van der Waals surface area contributed by atoms with E-state index in [1.165, 1.54) is 11.1 Å². The van der Waals surface area contributed by atoms with E-state index in [0.29, 0.717) is 0 Å². The minimum absolute atomic E-state index is 0.250. The van der Waals surface area contributed by atoms with Crippen molar-refractivity contribution >= 4 is 48.6 Å². The van der Waals surface area contributed by atoms with Crippen LogP contribution < -0.4 is 3.14 Å². The topological polar surface area (TPSA) is 63.3 Å². The molecule has 0 saturated heterocycles. The fraction of sp³-hybridized carbons (Fsp3) is 0.200. The van der Waals surface area contributed by atoms with Gasteiger partial charge in [0.05, 0.1) is 0 Å². The Morgan fingerprint density at radius 1 is 1.40 bits per heavy atom. The van der Waals surface area contributed by atoms with Crippen LogP contribution in [-0.4, -0.2) is 44.5 Å². The molecule has 0 atom stereocenters. The van der Waals surface area contributed by atoms with Gasteiger partial charge >= 0.3 is 88.7 Å². The molecule has 4 nitrogen and oxygen atoms in total. The van der Waals surface area contributed by atoms with Crippen molar-refractivity contribution in [3.63, 3.8) is 0 Å². The predicted molar refractivity (Wildman–Crippen MR) is 57.6 cm³/mol. The van der Waals surface area contributed by atoms with E-state index in [4.69, 9.17) is 14.3 Å². The van der Waals surface area contributed by atoms with E-state index in [1.807, 2.05) is 6.92 Å². The molecule has 0 saturated carbocycles. The van der Waals surface area contributed by atoms with Gasteiger partial charge in [-0.25, -0.2) is 0 Å². The van der Waals surface area contributed by atoms with Gasteiger partial charge in [-0.1, -0.05) is 0 Å². The molecule has 1 heterocycles. The molecule has 0 aliphatic heterocycles. The molecule has 2 rings (SSSR count). The average molecular weight is 215 g/mol. The van der Waals surface area contributed by atoms with Crippen LogP contribution in [-0.2, 0) is 4.79 Å². The number of fused-ring (bicyclic) bond motifs is 1. The van der Waals surface area contributed by atoms with Crippen molar-refractivity contribution in [3.8, 4) is 0 Å². The van der Waals surface area contributed by atoms with E-state index in [2.05, 4.69) is 24.0 Å². The summed E-state index contributed by atoms with van der Waals surface area (Å²) in [4.78, 5) is 12.7. The van der Waals surface area contributed by atoms with Gasteiger partial charge < -0.3 is 5.11 Å². The van der Waals surface area contributed by atoms with Crippen molar-refractivity contribution in [2.45, 2.75) is 13.8 Å². The Hall–Kier alpha value is -0.840. The zero-order valence-corrected chi connectivity index (χ0v) is 10.9. The van der Waals surface area contributed by atoms with Gasteiger partial charge in [-0.3, -0.25) is 4.79 Å². The van der Waals surface area contributed by atoms with Gasteiger partial charge in [-0.05, 0) is 0 Å². The second-order valence-electron chi connectivity index (χ2n) is 3.22. The van der Waals surface area contributed by atoms with E-state index in [1.54, 1.807) is 0 Å². The number of carboxylic acid groups (broad SMARTS) is 1. The van der Waals surface area contributed by atoms with Crippen molar-refractivity contribution in [2.24, 2.45) is 0 Å². The Morgan fingerprint density at radius 2 is 1.93 bits per heavy atom. The number of oxazole rings is 1. The van der Waals surface area contributed by atoms with Crippen LogP contribution in [0.3, 0.4) is 0 Å². The van der Waals surface area contributed by atoms with Gasteiger partial charge in [0.15, 0.2) is 0 Å². The van der Waals surface area contributed by atoms with Crippen LogP contribution in [0.15, 0.2) is 16.5 Å². The van der Waals surface area contributed by atoms with Crippen LogP contribution in [0, 0.1) is 13.8 Å². The van der Waals surface area contributed by atoms with E-state index in [9.17, 15) is 0 Å². The predicted octanol–water partition coefficient (Wildman–Crippen LogP) is 0.939. The van der Waals surface area contributed by atoms with Gasteiger partial charge in [0, 0.05) is 0 Å². The molecule has 0 spiro atoms. The summed E-state index contributed by atoms with van der Waals surface area (Å²) in [7, 11) is 0. The first-order chi connectivity index (χ1) is 7.10. The van der Waals surface area contributed by atoms with E-state index >= 15 is 0 Å². The second-order valence-corrected chi connectivity index (χ2v) is 4.07. The number of nitrogens with zero attached hydrogens (tertiary/aromatic N) is 1. The van der Waals surface area contributed by atoms with Crippen LogP contribution in [0.4, 0.5) is 0 Å².